The second kappa shape index (κ2) is 6.02. The first-order valence-electron chi connectivity index (χ1n) is 7.00. The third-order valence-electron chi connectivity index (χ3n) is 3.67. The van der Waals surface area contributed by atoms with Crippen LogP contribution in [0.5, 0.6) is 17.2 Å². The van der Waals surface area contributed by atoms with Crippen LogP contribution in [-0.2, 0) is 4.74 Å². The van der Waals surface area contributed by atoms with Crippen molar-refractivity contribution in [1.29, 1.82) is 0 Å². The number of benzene rings is 2. The maximum atomic E-state index is 6.07. The standard InChI is InChI=1S/C18H18O4/c1-19-13-6-4-12(5-7-13)17-11-18(21-3)15-10-14(20-2)8-9-16(15)22-17/h4-11,17H,1-3H3. The SMILES string of the molecule is COC1=CC(c2ccc(OC)cc2)Oc2ccc(OC)cc21. The van der Waals surface area contributed by atoms with E-state index in [1.165, 1.54) is 0 Å². The third kappa shape index (κ3) is 2.60. The van der Waals surface area contributed by atoms with Gasteiger partial charge < -0.3 is 18.9 Å². The normalized spacial score (nSPS) is 16.1. The molecule has 1 aliphatic heterocycles. The Morgan fingerprint density at radius 1 is 0.818 bits per heavy atom. The third-order valence-corrected chi connectivity index (χ3v) is 3.67. The largest absolute Gasteiger partial charge is 0.497 e. The molecule has 0 N–H and O–H groups in total. The lowest BCUT2D eigenvalue weighted by Crippen LogP contribution is -2.12. The summed E-state index contributed by atoms with van der Waals surface area (Å²) in [5, 5.41) is 0. The topological polar surface area (TPSA) is 36.9 Å². The van der Waals surface area contributed by atoms with E-state index < -0.39 is 0 Å². The lowest BCUT2D eigenvalue weighted by Gasteiger charge is -2.25. The summed E-state index contributed by atoms with van der Waals surface area (Å²) < 4.78 is 22.0. The van der Waals surface area contributed by atoms with Crippen LogP contribution in [0.1, 0.15) is 17.2 Å². The van der Waals surface area contributed by atoms with Gasteiger partial charge >= 0.3 is 0 Å². The molecule has 0 amide bonds. The van der Waals surface area contributed by atoms with Gasteiger partial charge in [0.25, 0.3) is 0 Å². The molecule has 0 saturated carbocycles. The molecule has 3 rings (SSSR count). The van der Waals surface area contributed by atoms with Gasteiger partial charge in [-0.3, -0.25) is 0 Å². The van der Waals surface area contributed by atoms with E-state index in [1.807, 2.05) is 48.5 Å². The van der Waals surface area contributed by atoms with Crippen LogP contribution in [0.2, 0.25) is 0 Å². The highest BCUT2D eigenvalue weighted by atomic mass is 16.5. The highest BCUT2D eigenvalue weighted by Gasteiger charge is 2.23. The molecule has 0 saturated heterocycles. The van der Waals surface area contributed by atoms with Gasteiger partial charge in [-0.1, -0.05) is 12.1 Å². The van der Waals surface area contributed by atoms with E-state index in [4.69, 9.17) is 18.9 Å². The van der Waals surface area contributed by atoms with Gasteiger partial charge in [-0.15, -0.1) is 0 Å². The molecule has 1 unspecified atom stereocenters. The molecule has 2 aromatic rings. The van der Waals surface area contributed by atoms with E-state index in [1.54, 1.807) is 21.3 Å². The second-order valence-electron chi connectivity index (χ2n) is 4.91. The van der Waals surface area contributed by atoms with Crippen molar-refractivity contribution in [2.75, 3.05) is 21.3 Å². The Bertz CT molecular complexity index is 689. The van der Waals surface area contributed by atoms with Crippen LogP contribution in [0, 0.1) is 0 Å². The average molecular weight is 298 g/mol. The van der Waals surface area contributed by atoms with Crippen molar-refractivity contribution >= 4 is 5.76 Å². The lowest BCUT2D eigenvalue weighted by atomic mass is 10.0. The molecular weight excluding hydrogens is 280 g/mol. The van der Waals surface area contributed by atoms with Gasteiger partial charge in [-0.25, -0.2) is 0 Å². The van der Waals surface area contributed by atoms with Crippen LogP contribution in [0.15, 0.2) is 48.5 Å². The van der Waals surface area contributed by atoms with Gasteiger partial charge in [0.05, 0.1) is 26.9 Å². The van der Waals surface area contributed by atoms with Crippen molar-refractivity contribution in [3.05, 3.63) is 59.7 Å². The van der Waals surface area contributed by atoms with Crippen molar-refractivity contribution in [2.45, 2.75) is 6.10 Å². The quantitative estimate of drug-likeness (QED) is 0.859. The summed E-state index contributed by atoms with van der Waals surface area (Å²) in [6, 6.07) is 13.5. The summed E-state index contributed by atoms with van der Waals surface area (Å²) in [6.45, 7) is 0. The summed E-state index contributed by atoms with van der Waals surface area (Å²) in [4.78, 5) is 0. The molecule has 0 spiro atoms. The minimum atomic E-state index is -0.193. The molecule has 0 aliphatic carbocycles. The highest BCUT2D eigenvalue weighted by Crippen LogP contribution is 2.39. The molecule has 1 atom stereocenters. The predicted molar refractivity (Wildman–Crippen MR) is 84.3 cm³/mol. The molecule has 114 valence electrons. The Kier molecular flexibility index (Phi) is 3.92. The molecule has 4 nitrogen and oxygen atoms in total. The fourth-order valence-corrected chi connectivity index (χ4v) is 2.47. The van der Waals surface area contributed by atoms with E-state index in [0.29, 0.717) is 0 Å². The van der Waals surface area contributed by atoms with Gasteiger partial charge in [0.2, 0.25) is 0 Å². The van der Waals surface area contributed by atoms with Crippen LogP contribution in [0.25, 0.3) is 5.76 Å². The highest BCUT2D eigenvalue weighted by molar-refractivity contribution is 5.70. The first-order valence-corrected chi connectivity index (χ1v) is 7.00. The minimum absolute atomic E-state index is 0.193. The molecule has 0 radical (unpaired) electrons. The maximum Gasteiger partial charge on any atom is 0.146 e. The first kappa shape index (κ1) is 14.3. The van der Waals surface area contributed by atoms with Crippen molar-refractivity contribution in [3.8, 4) is 17.2 Å². The van der Waals surface area contributed by atoms with Gasteiger partial charge in [0.1, 0.15) is 29.1 Å². The molecular formula is C18H18O4. The van der Waals surface area contributed by atoms with Crippen molar-refractivity contribution in [2.24, 2.45) is 0 Å². The Labute approximate surface area is 129 Å². The fraction of sp³-hybridized carbons (Fsp3) is 0.222. The summed E-state index contributed by atoms with van der Waals surface area (Å²) in [7, 11) is 4.95. The van der Waals surface area contributed by atoms with E-state index in [0.717, 1.165) is 34.1 Å². The van der Waals surface area contributed by atoms with Crippen molar-refractivity contribution in [3.63, 3.8) is 0 Å². The van der Waals surface area contributed by atoms with Crippen molar-refractivity contribution < 1.29 is 18.9 Å². The Hall–Kier alpha value is -2.62. The van der Waals surface area contributed by atoms with Crippen LogP contribution >= 0.6 is 0 Å². The number of methoxy groups -OCH3 is 3. The van der Waals surface area contributed by atoms with Crippen LogP contribution < -0.4 is 14.2 Å². The molecule has 1 aliphatic rings. The molecule has 0 aromatic heterocycles. The Morgan fingerprint density at radius 3 is 2.14 bits per heavy atom. The molecule has 4 heteroatoms. The number of hydrogen-bond acceptors (Lipinski definition) is 4. The number of ether oxygens (including phenoxy) is 4. The Balaban J connectivity index is 1.96. The molecule has 1 heterocycles. The summed E-state index contributed by atoms with van der Waals surface area (Å²) in [5.74, 6) is 3.15. The summed E-state index contributed by atoms with van der Waals surface area (Å²) >= 11 is 0. The molecule has 0 fully saturated rings. The molecule has 22 heavy (non-hydrogen) atoms. The second-order valence-corrected chi connectivity index (χ2v) is 4.91. The fourth-order valence-electron chi connectivity index (χ4n) is 2.47. The average Bonchev–Trinajstić information content (AvgIpc) is 2.60. The monoisotopic (exact) mass is 298 g/mol. The van der Waals surface area contributed by atoms with Crippen LogP contribution in [0.3, 0.4) is 0 Å². The van der Waals surface area contributed by atoms with E-state index in [2.05, 4.69) is 0 Å². The number of hydrogen-bond donors (Lipinski definition) is 0. The van der Waals surface area contributed by atoms with Crippen LogP contribution in [0.4, 0.5) is 0 Å². The van der Waals surface area contributed by atoms with Crippen molar-refractivity contribution in [1.82, 2.24) is 0 Å². The zero-order chi connectivity index (χ0) is 15.5. The van der Waals surface area contributed by atoms with E-state index >= 15 is 0 Å². The summed E-state index contributed by atoms with van der Waals surface area (Å²) in [6.07, 6.45) is 1.77. The maximum absolute atomic E-state index is 6.07. The lowest BCUT2D eigenvalue weighted by molar-refractivity contribution is 0.237. The van der Waals surface area contributed by atoms with Crippen LogP contribution in [-0.4, -0.2) is 21.3 Å². The smallest absolute Gasteiger partial charge is 0.146 e. The van der Waals surface area contributed by atoms with Gasteiger partial charge in [0, 0.05) is 6.08 Å². The number of fused-ring (bicyclic) bond motifs is 1. The van der Waals surface area contributed by atoms with E-state index in [9.17, 15) is 0 Å². The van der Waals surface area contributed by atoms with Gasteiger partial charge in [0.15, 0.2) is 0 Å². The summed E-state index contributed by atoms with van der Waals surface area (Å²) in [5.41, 5.74) is 1.93. The van der Waals surface area contributed by atoms with Gasteiger partial charge in [-0.05, 0) is 35.9 Å². The molecule has 0 bridgehead atoms. The molecule has 2 aromatic carbocycles. The first-order chi connectivity index (χ1) is 10.7. The Morgan fingerprint density at radius 2 is 1.50 bits per heavy atom. The van der Waals surface area contributed by atoms with Gasteiger partial charge in [-0.2, -0.15) is 0 Å². The van der Waals surface area contributed by atoms with E-state index in [-0.39, 0.29) is 6.10 Å². The zero-order valence-electron chi connectivity index (χ0n) is 12.8. The predicted octanol–water partition coefficient (Wildman–Crippen LogP) is 3.82. The zero-order valence-corrected chi connectivity index (χ0v) is 12.8. The minimum Gasteiger partial charge on any atom is -0.497 e. The number of rotatable bonds is 4.